The van der Waals surface area contributed by atoms with Gasteiger partial charge in [-0.3, -0.25) is 9.52 Å². The van der Waals surface area contributed by atoms with Gasteiger partial charge in [0.25, 0.3) is 15.9 Å². The normalized spacial score (nSPS) is 15.0. The van der Waals surface area contributed by atoms with Gasteiger partial charge in [0.15, 0.2) is 0 Å². The molecule has 3 rings (SSSR count). The lowest BCUT2D eigenvalue weighted by Gasteiger charge is -2.27. The van der Waals surface area contributed by atoms with E-state index in [1.165, 1.54) is 0 Å². The molecule has 0 aliphatic carbocycles. The Hall–Kier alpha value is -2.28. The fourth-order valence-electron chi connectivity index (χ4n) is 3.85. The van der Waals surface area contributed by atoms with Gasteiger partial charge in [0.1, 0.15) is 4.90 Å². The van der Waals surface area contributed by atoms with Gasteiger partial charge in [-0.05, 0) is 70.2 Å². The van der Waals surface area contributed by atoms with Crippen molar-refractivity contribution in [2.24, 2.45) is 0 Å². The molecule has 146 valence electrons. The predicted octanol–water partition coefficient (Wildman–Crippen LogP) is 3.68. The van der Waals surface area contributed by atoms with E-state index < -0.39 is 10.0 Å². The predicted molar refractivity (Wildman–Crippen MR) is 107 cm³/mol. The summed E-state index contributed by atoms with van der Waals surface area (Å²) in [5, 5.41) is 0. The number of hydrogen-bond donors (Lipinski definition) is 2. The summed E-state index contributed by atoms with van der Waals surface area (Å²) in [7, 11) is -3.90. The van der Waals surface area contributed by atoms with E-state index in [9.17, 15) is 13.2 Å². The molecule has 1 fully saturated rings. The molecule has 0 spiro atoms. The van der Waals surface area contributed by atoms with Crippen LogP contribution in [0, 0.1) is 27.7 Å². The molecular formula is C20H27N3O3S. The highest BCUT2D eigenvalue weighted by Crippen LogP contribution is 2.28. The van der Waals surface area contributed by atoms with Crippen molar-refractivity contribution >= 4 is 21.6 Å². The van der Waals surface area contributed by atoms with Crippen LogP contribution in [-0.2, 0) is 10.0 Å². The number of likely N-dealkylation sites (tertiary alicyclic amines) is 1. The van der Waals surface area contributed by atoms with Gasteiger partial charge in [0.05, 0.1) is 5.56 Å². The molecule has 27 heavy (non-hydrogen) atoms. The summed E-state index contributed by atoms with van der Waals surface area (Å²) in [6, 6.07) is 5.55. The highest BCUT2D eigenvalue weighted by atomic mass is 32.2. The Morgan fingerprint density at radius 3 is 2.15 bits per heavy atom. The van der Waals surface area contributed by atoms with Gasteiger partial charge in [-0.2, -0.15) is 0 Å². The summed E-state index contributed by atoms with van der Waals surface area (Å²) in [5.74, 6) is -0.211. The summed E-state index contributed by atoms with van der Waals surface area (Å²) in [5.41, 5.74) is 3.76. The minimum Gasteiger partial charge on any atom is -0.361 e. The molecule has 0 bridgehead atoms. The van der Waals surface area contributed by atoms with Crippen LogP contribution in [0.1, 0.15) is 52.1 Å². The van der Waals surface area contributed by atoms with Crippen LogP contribution in [0.5, 0.6) is 0 Å². The number of nitrogens with one attached hydrogen (secondary N) is 2. The van der Waals surface area contributed by atoms with Crippen LogP contribution < -0.4 is 4.72 Å². The average molecular weight is 390 g/mol. The smallest absolute Gasteiger partial charge is 0.264 e. The third-order valence-corrected chi connectivity index (χ3v) is 6.47. The Labute approximate surface area is 161 Å². The van der Waals surface area contributed by atoms with Crippen molar-refractivity contribution < 1.29 is 13.2 Å². The van der Waals surface area contributed by atoms with Crippen molar-refractivity contribution in [3.05, 3.63) is 46.3 Å². The number of aryl methyl sites for hydroxylation is 4. The zero-order chi connectivity index (χ0) is 19.8. The Kier molecular flexibility index (Phi) is 5.33. The fraction of sp³-hybridized carbons (Fsp3) is 0.450. The molecule has 2 heterocycles. The maximum absolute atomic E-state index is 13.2. The molecule has 0 saturated carbocycles. The Morgan fingerprint density at radius 2 is 1.56 bits per heavy atom. The van der Waals surface area contributed by atoms with Gasteiger partial charge in [0, 0.05) is 30.2 Å². The van der Waals surface area contributed by atoms with Crippen LogP contribution in [-0.4, -0.2) is 37.3 Å². The number of carbonyl (C=O) groups is 1. The number of hydrogen-bond acceptors (Lipinski definition) is 3. The largest absolute Gasteiger partial charge is 0.361 e. The number of amides is 1. The fourth-order valence-corrected chi connectivity index (χ4v) is 5.34. The molecule has 7 heteroatoms. The molecular weight excluding hydrogens is 362 g/mol. The van der Waals surface area contributed by atoms with Crippen molar-refractivity contribution in [3.8, 4) is 0 Å². The number of carbonyl (C=O) groups excluding carboxylic acids is 1. The van der Waals surface area contributed by atoms with Crippen molar-refractivity contribution in [2.45, 2.75) is 51.9 Å². The second-order valence-electron chi connectivity index (χ2n) is 7.41. The van der Waals surface area contributed by atoms with Gasteiger partial charge in [-0.25, -0.2) is 8.42 Å². The number of aromatic amines is 1. The van der Waals surface area contributed by atoms with E-state index >= 15 is 0 Å². The first-order valence-corrected chi connectivity index (χ1v) is 10.8. The molecule has 0 radical (unpaired) electrons. The van der Waals surface area contributed by atoms with E-state index in [1.807, 2.05) is 19.9 Å². The first kappa shape index (κ1) is 19.5. The van der Waals surface area contributed by atoms with Gasteiger partial charge in [-0.15, -0.1) is 0 Å². The van der Waals surface area contributed by atoms with Gasteiger partial charge >= 0.3 is 0 Å². The van der Waals surface area contributed by atoms with Crippen molar-refractivity contribution in [1.29, 1.82) is 0 Å². The number of H-pyrrole nitrogens is 1. The first-order chi connectivity index (χ1) is 12.7. The van der Waals surface area contributed by atoms with Gasteiger partial charge in [0.2, 0.25) is 0 Å². The number of anilines is 1. The van der Waals surface area contributed by atoms with E-state index in [4.69, 9.17) is 0 Å². The number of piperidine rings is 1. The van der Waals surface area contributed by atoms with Crippen LogP contribution in [0.15, 0.2) is 23.1 Å². The number of nitrogens with zero attached hydrogens (tertiary/aromatic N) is 1. The van der Waals surface area contributed by atoms with Crippen LogP contribution in [0.2, 0.25) is 0 Å². The molecule has 2 aromatic rings. The van der Waals surface area contributed by atoms with E-state index in [2.05, 4.69) is 9.71 Å². The number of sulfonamides is 1. The standard InChI is InChI=1S/C20H27N3O3S/c1-13-10-14(2)12-17(11-13)22-27(25,26)19-16(4)21-15(3)18(19)20(24)23-8-6-5-7-9-23/h10-12,21-22H,5-9H2,1-4H3. The number of benzene rings is 1. The molecule has 0 unspecified atom stereocenters. The lowest BCUT2D eigenvalue weighted by atomic mass is 10.1. The van der Waals surface area contributed by atoms with Gasteiger partial charge < -0.3 is 9.88 Å². The van der Waals surface area contributed by atoms with Crippen molar-refractivity contribution in [3.63, 3.8) is 0 Å². The second kappa shape index (κ2) is 7.38. The molecule has 1 aliphatic heterocycles. The van der Waals surface area contributed by atoms with E-state index in [0.717, 1.165) is 30.4 Å². The van der Waals surface area contributed by atoms with Crippen molar-refractivity contribution in [1.82, 2.24) is 9.88 Å². The summed E-state index contributed by atoms with van der Waals surface area (Å²) in [6.45, 7) is 8.62. The molecule has 1 aromatic carbocycles. The van der Waals surface area contributed by atoms with Crippen molar-refractivity contribution in [2.75, 3.05) is 17.8 Å². The maximum Gasteiger partial charge on any atom is 0.264 e. The lowest BCUT2D eigenvalue weighted by molar-refractivity contribution is 0.0720. The summed E-state index contributed by atoms with van der Waals surface area (Å²) >= 11 is 0. The Balaban J connectivity index is 2.01. The SMILES string of the molecule is Cc1cc(C)cc(NS(=O)(=O)c2c(C)[nH]c(C)c2C(=O)N2CCCCC2)c1. The molecule has 2 N–H and O–H groups in total. The molecule has 1 aliphatic rings. The third-order valence-electron chi connectivity index (χ3n) is 4.92. The van der Waals surface area contributed by atoms with Crippen LogP contribution in [0.4, 0.5) is 5.69 Å². The highest BCUT2D eigenvalue weighted by Gasteiger charge is 2.32. The first-order valence-electron chi connectivity index (χ1n) is 9.28. The van der Waals surface area contributed by atoms with Crippen LogP contribution in [0.3, 0.4) is 0 Å². The monoisotopic (exact) mass is 389 g/mol. The van der Waals surface area contributed by atoms with Crippen LogP contribution in [0.25, 0.3) is 0 Å². The lowest BCUT2D eigenvalue weighted by Crippen LogP contribution is -2.36. The summed E-state index contributed by atoms with van der Waals surface area (Å²) in [4.78, 5) is 17.9. The minimum atomic E-state index is -3.90. The minimum absolute atomic E-state index is 0.0507. The zero-order valence-electron chi connectivity index (χ0n) is 16.3. The summed E-state index contributed by atoms with van der Waals surface area (Å²) in [6.07, 6.45) is 3.02. The zero-order valence-corrected chi connectivity index (χ0v) is 17.2. The molecule has 1 aromatic heterocycles. The molecule has 0 atom stereocenters. The van der Waals surface area contributed by atoms with E-state index in [-0.39, 0.29) is 16.4 Å². The molecule has 1 saturated heterocycles. The van der Waals surface area contributed by atoms with Gasteiger partial charge in [-0.1, -0.05) is 6.07 Å². The third kappa shape index (κ3) is 4.03. The molecule has 6 nitrogen and oxygen atoms in total. The van der Waals surface area contributed by atoms with Crippen LogP contribution >= 0.6 is 0 Å². The second-order valence-corrected chi connectivity index (χ2v) is 9.03. The average Bonchev–Trinajstić information content (AvgIpc) is 2.88. The number of rotatable bonds is 4. The topological polar surface area (TPSA) is 82.3 Å². The highest BCUT2D eigenvalue weighted by molar-refractivity contribution is 7.92. The quantitative estimate of drug-likeness (QED) is 0.837. The van der Waals surface area contributed by atoms with E-state index in [1.54, 1.807) is 30.9 Å². The Morgan fingerprint density at radius 1 is 0.963 bits per heavy atom. The molecule has 1 amide bonds. The summed E-state index contributed by atoms with van der Waals surface area (Å²) < 4.78 is 29.0. The van der Waals surface area contributed by atoms with E-state index in [0.29, 0.717) is 30.2 Å². The Bertz CT molecular complexity index is 950. The number of aromatic nitrogens is 1. The maximum atomic E-state index is 13.2.